The van der Waals surface area contributed by atoms with Gasteiger partial charge < -0.3 is 9.80 Å². The number of fused-ring (bicyclic) bond motifs is 5. The van der Waals surface area contributed by atoms with Crippen LogP contribution in [0.2, 0.25) is 0 Å². The van der Waals surface area contributed by atoms with Gasteiger partial charge in [0.2, 0.25) is 0 Å². The molecule has 0 saturated heterocycles. The van der Waals surface area contributed by atoms with Gasteiger partial charge in [0.05, 0.1) is 5.69 Å². The van der Waals surface area contributed by atoms with Crippen LogP contribution in [0.5, 0.6) is 0 Å². The van der Waals surface area contributed by atoms with Crippen molar-refractivity contribution < 1.29 is 0 Å². The first-order valence-electron chi connectivity index (χ1n) is 25.9. The van der Waals surface area contributed by atoms with Gasteiger partial charge >= 0.3 is 0 Å². The summed E-state index contributed by atoms with van der Waals surface area (Å²) in [7, 11) is 0. The average molecular weight is 905 g/mol. The number of benzene rings is 9. The van der Waals surface area contributed by atoms with Crippen molar-refractivity contribution in [2.75, 3.05) is 9.80 Å². The Morgan fingerprint density at radius 2 is 0.986 bits per heavy atom. The highest BCUT2D eigenvalue weighted by Crippen LogP contribution is 2.55. The van der Waals surface area contributed by atoms with Crippen LogP contribution in [0.4, 0.5) is 34.1 Å². The van der Waals surface area contributed by atoms with Crippen molar-refractivity contribution >= 4 is 34.1 Å². The van der Waals surface area contributed by atoms with Crippen LogP contribution in [0.25, 0.3) is 33.4 Å². The van der Waals surface area contributed by atoms with Crippen molar-refractivity contribution in [3.05, 3.63) is 251 Å². The number of anilines is 6. The standard InChI is InChI=1S/C68H60N2/c1-68(2)62-23-14-22-59(50-17-8-4-9-18-50)67(62)60-40-39-57(45-63(60)68)70(64-24-13-12-21-58(64)49-15-6-3-7-16-49)66-44-47-26-31-52-30-25-46(27-32-53(66)33-28-47)43-65(52)69(55-19-10-5-11-20-55)56-37-35-51(36-38-56)61-42-48-29-34-54(61)41-48/h3-25,28,30,33,35-40,43-45,48,54,61H,26-27,29,31-32,34,41-42H2,1-2H3. The van der Waals surface area contributed by atoms with Gasteiger partial charge in [-0.2, -0.15) is 0 Å². The summed E-state index contributed by atoms with van der Waals surface area (Å²) in [6.45, 7) is 4.82. The number of rotatable bonds is 9. The Hall–Kier alpha value is -7.42. The zero-order chi connectivity index (χ0) is 46.8. The third kappa shape index (κ3) is 7.48. The molecule has 2 saturated carbocycles. The van der Waals surface area contributed by atoms with E-state index in [0.717, 1.165) is 43.4 Å². The third-order valence-corrected chi connectivity index (χ3v) is 16.7. The Morgan fingerprint density at radius 1 is 0.400 bits per heavy atom. The highest BCUT2D eigenvalue weighted by Gasteiger charge is 2.40. The molecule has 3 atom stereocenters. The van der Waals surface area contributed by atoms with E-state index in [0.29, 0.717) is 0 Å². The first-order chi connectivity index (χ1) is 34.4. The summed E-state index contributed by atoms with van der Waals surface area (Å²) in [5, 5.41) is 0. The van der Waals surface area contributed by atoms with Gasteiger partial charge in [0, 0.05) is 39.4 Å². The van der Waals surface area contributed by atoms with E-state index in [-0.39, 0.29) is 5.41 Å². The fourth-order valence-electron chi connectivity index (χ4n) is 13.2. The smallest absolute Gasteiger partial charge is 0.0540 e. The molecule has 7 aliphatic carbocycles. The van der Waals surface area contributed by atoms with Crippen LogP contribution in [0.3, 0.4) is 0 Å². The number of nitrogens with zero attached hydrogens (tertiary/aromatic N) is 2. The molecule has 2 fully saturated rings. The summed E-state index contributed by atoms with van der Waals surface area (Å²) in [5.41, 5.74) is 24.6. The minimum Gasteiger partial charge on any atom is -0.310 e. The molecule has 0 amide bonds. The lowest BCUT2D eigenvalue weighted by Gasteiger charge is -2.32. The molecule has 2 heteroatoms. The lowest BCUT2D eigenvalue weighted by Crippen LogP contribution is -2.18. The van der Waals surface area contributed by atoms with E-state index in [9.17, 15) is 0 Å². The first-order valence-corrected chi connectivity index (χ1v) is 25.9. The topological polar surface area (TPSA) is 6.48 Å². The Labute approximate surface area is 414 Å². The quantitative estimate of drug-likeness (QED) is 0.142. The summed E-state index contributed by atoms with van der Waals surface area (Å²) in [5.74, 6) is 2.53. The van der Waals surface area contributed by atoms with Crippen LogP contribution < -0.4 is 9.80 Å². The molecule has 0 heterocycles. The third-order valence-electron chi connectivity index (χ3n) is 16.7. The van der Waals surface area contributed by atoms with Gasteiger partial charge in [0.1, 0.15) is 0 Å². The molecule has 0 spiro atoms. The summed E-state index contributed by atoms with van der Waals surface area (Å²) >= 11 is 0. The number of para-hydroxylation sites is 2. The highest BCUT2D eigenvalue weighted by molar-refractivity contribution is 5.95. The second-order valence-corrected chi connectivity index (χ2v) is 21.1. The predicted octanol–water partition coefficient (Wildman–Crippen LogP) is 18.1. The molecule has 0 aromatic heterocycles. The van der Waals surface area contributed by atoms with E-state index >= 15 is 0 Å². The minimum atomic E-state index is -0.188. The maximum Gasteiger partial charge on any atom is 0.0540 e. The molecule has 9 aromatic rings. The van der Waals surface area contributed by atoms with Gasteiger partial charge in [0.15, 0.2) is 0 Å². The Morgan fingerprint density at radius 3 is 1.64 bits per heavy atom. The molecule has 0 radical (unpaired) electrons. The lowest BCUT2D eigenvalue weighted by molar-refractivity contribution is 0.420. The van der Waals surface area contributed by atoms with E-state index in [1.165, 1.54) is 132 Å². The highest BCUT2D eigenvalue weighted by atomic mass is 15.2. The van der Waals surface area contributed by atoms with Gasteiger partial charge in [-0.05, 0) is 184 Å². The largest absolute Gasteiger partial charge is 0.310 e. The SMILES string of the molecule is CC1(C)c2cc(N(c3cc4ccc3CCc3ccc(c(N(c5ccccc5)c5ccc(C6CC7CCC6C7)cc5)c3)CC4)c3ccccc3-c3ccccc3)ccc2-c2c(-c3ccccc3)cccc21. The molecular weight excluding hydrogens is 845 g/mol. The van der Waals surface area contributed by atoms with E-state index in [1.54, 1.807) is 0 Å². The molecule has 9 aromatic carbocycles. The molecule has 0 aliphatic heterocycles. The summed E-state index contributed by atoms with van der Waals surface area (Å²) in [6.07, 6.45) is 9.33. The lowest BCUT2D eigenvalue weighted by atomic mass is 9.81. The average Bonchev–Trinajstić information content (AvgIpc) is 4.11. The Kier molecular flexibility index (Phi) is 10.7. The van der Waals surface area contributed by atoms with Crippen molar-refractivity contribution in [2.45, 2.75) is 76.5 Å². The van der Waals surface area contributed by atoms with E-state index in [2.05, 4.69) is 236 Å². The van der Waals surface area contributed by atoms with Crippen LogP contribution in [-0.4, -0.2) is 0 Å². The van der Waals surface area contributed by atoms with Crippen LogP contribution >= 0.6 is 0 Å². The van der Waals surface area contributed by atoms with Gasteiger partial charge in [-0.3, -0.25) is 0 Å². The van der Waals surface area contributed by atoms with Gasteiger partial charge in [-0.15, -0.1) is 0 Å². The van der Waals surface area contributed by atoms with Crippen LogP contribution in [0, 0.1) is 11.8 Å². The fraction of sp³-hybridized carbons (Fsp3) is 0.206. The monoisotopic (exact) mass is 904 g/mol. The summed E-state index contributed by atoms with van der Waals surface area (Å²) in [4.78, 5) is 5.12. The van der Waals surface area contributed by atoms with E-state index < -0.39 is 0 Å². The molecule has 342 valence electrons. The molecule has 2 nitrogen and oxygen atoms in total. The minimum absolute atomic E-state index is 0.188. The summed E-state index contributed by atoms with van der Waals surface area (Å²) < 4.78 is 0. The van der Waals surface area contributed by atoms with E-state index in [1.807, 2.05) is 0 Å². The maximum atomic E-state index is 2.59. The normalized spacial score (nSPS) is 18.2. The van der Waals surface area contributed by atoms with Crippen molar-refractivity contribution in [1.29, 1.82) is 0 Å². The van der Waals surface area contributed by atoms with Crippen LogP contribution in [-0.2, 0) is 31.1 Å². The van der Waals surface area contributed by atoms with Crippen molar-refractivity contribution in [3.63, 3.8) is 0 Å². The molecule has 7 aliphatic rings. The molecule has 16 rings (SSSR count). The Balaban J connectivity index is 0.912. The molecule has 3 unspecified atom stereocenters. The van der Waals surface area contributed by atoms with Crippen LogP contribution in [0.15, 0.2) is 212 Å². The van der Waals surface area contributed by atoms with Crippen molar-refractivity contribution in [1.82, 2.24) is 0 Å². The number of hydrogen-bond acceptors (Lipinski definition) is 2. The van der Waals surface area contributed by atoms with Crippen LogP contribution in [0.1, 0.15) is 84.4 Å². The van der Waals surface area contributed by atoms with E-state index in [4.69, 9.17) is 0 Å². The number of hydrogen-bond donors (Lipinski definition) is 0. The molecule has 70 heavy (non-hydrogen) atoms. The van der Waals surface area contributed by atoms with Gasteiger partial charge in [-0.1, -0.05) is 178 Å². The molecular formula is C68H60N2. The fourth-order valence-corrected chi connectivity index (χ4v) is 13.2. The van der Waals surface area contributed by atoms with Gasteiger partial charge in [-0.25, -0.2) is 0 Å². The maximum absolute atomic E-state index is 2.59. The van der Waals surface area contributed by atoms with Crippen molar-refractivity contribution in [2.24, 2.45) is 11.8 Å². The first kappa shape index (κ1) is 42.7. The van der Waals surface area contributed by atoms with Gasteiger partial charge in [0.25, 0.3) is 0 Å². The zero-order valence-electron chi connectivity index (χ0n) is 40.5. The zero-order valence-corrected chi connectivity index (χ0v) is 40.5. The second kappa shape index (κ2) is 17.5. The number of aryl methyl sites for hydroxylation is 4. The summed E-state index contributed by atoms with van der Waals surface area (Å²) in [6, 6.07) is 80.5. The predicted molar refractivity (Wildman–Crippen MR) is 294 cm³/mol. The Bertz CT molecular complexity index is 3370. The molecule has 0 N–H and O–H groups in total. The van der Waals surface area contributed by atoms with Crippen molar-refractivity contribution in [3.8, 4) is 33.4 Å². The molecule has 6 bridgehead atoms. The second-order valence-electron chi connectivity index (χ2n) is 21.1.